The molecule has 0 radical (unpaired) electrons. The second-order valence-corrected chi connectivity index (χ2v) is 4.11. The largest absolute Gasteiger partial charge is 0.441 e. The van der Waals surface area contributed by atoms with E-state index in [-0.39, 0.29) is 6.17 Å². The van der Waals surface area contributed by atoms with Crippen molar-refractivity contribution in [3.05, 3.63) is 29.7 Å². The van der Waals surface area contributed by atoms with Crippen molar-refractivity contribution >= 4 is 11.1 Å². The fraction of sp³-hybridized carbons (Fsp3) is 0.417. The summed E-state index contributed by atoms with van der Waals surface area (Å²) in [4.78, 5) is 6.40. The molecule has 1 aromatic heterocycles. The summed E-state index contributed by atoms with van der Waals surface area (Å²) in [5.41, 5.74) is 2.93. The maximum atomic E-state index is 5.53. The number of hydrogen-bond donors (Lipinski definition) is 1. The average Bonchev–Trinajstić information content (AvgIpc) is 2.57. The van der Waals surface area contributed by atoms with Crippen molar-refractivity contribution in [2.24, 2.45) is 0 Å². The smallest absolute Gasteiger partial charge is 0.192 e. The molecule has 1 aromatic carbocycles. The molecule has 2 aromatic rings. The normalized spacial score (nSPS) is 13.6. The van der Waals surface area contributed by atoms with Crippen LogP contribution in [0, 0.1) is 6.92 Å². The highest BCUT2D eigenvalue weighted by atomic mass is 16.3. The minimum absolute atomic E-state index is 0.190. The van der Waals surface area contributed by atoms with E-state index in [0.29, 0.717) is 5.89 Å². The molecule has 2 rings (SSSR count). The van der Waals surface area contributed by atoms with E-state index in [1.165, 1.54) is 5.56 Å². The minimum Gasteiger partial charge on any atom is -0.441 e. The Morgan fingerprint density at radius 1 is 1.38 bits per heavy atom. The van der Waals surface area contributed by atoms with Gasteiger partial charge in [-0.15, -0.1) is 0 Å². The van der Waals surface area contributed by atoms with Crippen molar-refractivity contribution in [1.29, 1.82) is 0 Å². The van der Waals surface area contributed by atoms with Crippen molar-refractivity contribution < 1.29 is 4.42 Å². The van der Waals surface area contributed by atoms with Crippen LogP contribution >= 0.6 is 0 Å². The molecular formula is C12H17N3O. The first-order valence-electron chi connectivity index (χ1n) is 5.32. The summed E-state index contributed by atoms with van der Waals surface area (Å²) in [7, 11) is 6.02. The third-order valence-electron chi connectivity index (χ3n) is 2.62. The van der Waals surface area contributed by atoms with Gasteiger partial charge in [0.2, 0.25) is 0 Å². The monoisotopic (exact) mass is 219 g/mol. The van der Waals surface area contributed by atoms with Crippen LogP contribution in [0.5, 0.6) is 0 Å². The van der Waals surface area contributed by atoms with Gasteiger partial charge < -0.3 is 9.73 Å². The second kappa shape index (κ2) is 4.23. The molecule has 0 saturated carbocycles. The SMILES string of the molecule is CNC(c1ccc2nc(C)oc2c1)N(C)C. The Morgan fingerprint density at radius 2 is 2.12 bits per heavy atom. The molecule has 16 heavy (non-hydrogen) atoms. The lowest BCUT2D eigenvalue weighted by Gasteiger charge is -2.23. The van der Waals surface area contributed by atoms with Gasteiger partial charge in [0.05, 0.1) is 6.17 Å². The average molecular weight is 219 g/mol. The third kappa shape index (κ3) is 1.94. The maximum Gasteiger partial charge on any atom is 0.192 e. The lowest BCUT2D eigenvalue weighted by molar-refractivity contribution is 0.264. The van der Waals surface area contributed by atoms with Gasteiger partial charge in [-0.1, -0.05) is 6.07 Å². The number of oxazole rings is 1. The van der Waals surface area contributed by atoms with Crippen molar-refractivity contribution in [1.82, 2.24) is 15.2 Å². The predicted octanol–water partition coefficient (Wildman–Crippen LogP) is 1.92. The summed E-state index contributed by atoms with van der Waals surface area (Å²) in [6.07, 6.45) is 0.190. The first kappa shape index (κ1) is 11.1. The summed E-state index contributed by atoms with van der Waals surface area (Å²) in [5, 5.41) is 3.25. The first-order valence-corrected chi connectivity index (χ1v) is 5.32. The standard InChI is InChI=1S/C12H17N3O/c1-8-14-10-6-5-9(7-11(10)16-8)12(13-2)15(3)4/h5-7,12-13H,1-4H3. The number of aromatic nitrogens is 1. The van der Waals surface area contributed by atoms with Gasteiger partial charge in [-0.05, 0) is 38.8 Å². The van der Waals surface area contributed by atoms with Gasteiger partial charge in [-0.25, -0.2) is 4.98 Å². The van der Waals surface area contributed by atoms with Crippen LogP contribution < -0.4 is 5.32 Å². The lowest BCUT2D eigenvalue weighted by Crippen LogP contribution is -2.30. The zero-order chi connectivity index (χ0) is 11.7. The van der Waals surface area contributed by atoms with E-state index in [9.17, 15) is 0 Å². The van der Waals surface area contributed by atoms with E-state index >= 15 is 0 Å². The molecule has 1 atom stereocenters. The fourth-order valence-corrected chi connectivity index (χ4v) is 1.95. The fourth-order valence-electron chi connectivity index (χ4n) is 1.95. The van der Waals surface area contributed by atoms with Gasteiger partial charge in [0.1, 0.15) is 5.52 Å². The van der Waals surface area contributed by atoms with Gasteiger partial charge in [0, 0.05) is 6.92 Å². The van der Waals surface area contributed by atoms with Crippen molar-refractivity contribution in [2.45, 2.75) is 13.1 Å². The second-order valence-electron chi connectivity index (χ2n) is 4.11. The van der Waals surface area contributed by atoms with Crippen LogP contribution in [0.2, 0.25) is 0 Å². The molecule has 0 saturated heterocycles. The van der Waals surface area contributed by atoms with Crippen LogP contribution in [-0.4, -0.2) is 31.0 Å². The molecule has 0 bridgehead atoms. The lowest BCUT2D eigenvalue weighted by atomic mass is 10.1. The number of fused-ring (bicyclic) bond motifs is 1. The Morgan fingerprint density at radius 3 is 2.75 bits per heavy atom. The Bertz CT molecular complexity index is 490. The summed E-state index contributed by atoms with van der Waals surface area (Å²) in [6, 6.07) is 6.11. The van der Waals surface area contributed by atoms with Gasteiger partial charge >= 0.3 is 0 Å². The maximum absolute atomic E-state index is 5.53. The number of nitrogens with one attached hydrogen (secondary N) is 1. The summed E-state index contributed by atoms with van der Waals surface area (Å²) < 4.78 is 5.53. The Kier molecular flexibility index (Phi) is 2.94. The number of benzene rings is 1. The molecule has 4 heteroatoms. The molecule has 0 spiro atoms. The van der Waals surface area contributed by atoms with E-state index in [4.69, 9.17) is 4.42 Å². The van der Waals surface area contributed by atoms with Crippen LogP contribution in [0.15, 0.2) is 22.6 Å². The number of aryl methyl sites for hydroxylation is 1. The topological polar surface area (TPSA) is 41.3 Å². The minimum atomic E-state index is 0.190. The van der Waals surface area contributed by atoms with E-state index < -0.39 is 0 Å². The number of nitrogens with zero attached hydrogens (tertiary/aromatic N) is 2. The molecule has 1 N–H and O–H groups in total. The van der Waals surface area contributed by atoms with Gasteiger partial charge in [-0.2, -0.15) is 0 Å². The van der Waals surface area contributed by atoms with Crippen LogP contribution in [-0.2, 0) is 0 Å². The van der Waals surface area contributed by atoms with E-state index in [0.717, 1.165) is 11.1 Å². The first-order chi connectivity index (χ1) is 7.61. The van der Waals surface area contributed by atoms with Crippen molar-refractivity contribution in [3.63, 3.8) is 0 Å². The molecule has 0 aliphatic heterocycles. The van der Waals surface area contributed by atoms with Gasteiger partial charge in [0.15, 0.2) is 11.5 Å². The predicted molar refractivity (Wildman–Crippen MR) is 64.2 cm³/mol. The molecule has 0 amide bonds. The molecule has 4 nitrogen and oxygen atoms in total. The van der Waals surface area contributed by atoms with Crippen LogP contribution in [0.25, 0.3) is 11.1 Å². The highest BCUT2D eigenvalue weighted by Crippen LogP contribution is 2.21. The van der Waals surface area contributed by atoms with Crippen LogP contribution in [0.3, 0.4) is 0 Å². The Hall–Kier alpha value is -1.39. The zero-order valence-electron chi connectivity index (χ0n) is 10.1. The summed E-state index contributed by atoms with van der Waals surface area (Å²) in [6.45, 7) is 1.86. The molecular weight excluding hydrogens is 202 g/mol. The van der Waals surface area contributed by atoms with Gasteiger partial charge in [-0.3, -0.25) is 4.90 Å². The van der Waals surface area contributed by atoms with Crippen molar-refractivity contribution in [3.8, 4) is 0 Å². The highest BCUT2D eigenvalue weighted by Gasteiger charge is 2.13. The molecule has 86 valence electrons. The summed E-state index contributed by atoms with van der Waals surface area (Å²) in [5.74, 6) is 0.706. The Balaban J connectivity index is 2.44. The van der Waals surface area contributed by atoms with E-state index in [2.05, 4.69) is 21.3 Å². The molecule has 0 aliphatic carbocycles. The molecule has 1 unspecified atom stereocenters. The van der Waals surface area contributed by atoms with Crippen LogP contribution in [0.4, 0.5) is 0 Å². The highest BCUT2D eigenvalue weighted by molar-refractivity contribution is 5.73. The quantitative estimate of drug-likeness (QED) is 0.801. The zero-order valence-corrected chi connectivity index (χ0v) is 10.1. The van der Waals surface area contributed by atoms with Crippen LogP contribution in [0.1, 0.15) is 17.6 Å². The van der Waals surface area contributed by atoms with E-state index in [1.807, 2.05) is 40.2 Å². The van der Waals surface area contributed by atoms with Crippen molar-refractivity contribution in [2.75, 3.05) is 21.1 Å². The third-order valence-corrected chi connectivity index (χ3v) is 2.62. The van der Waals surface area contributed by atoms with E-state index in [1.54, 1.807) is 0 Å². The number of hydrogen-bond acceptors (Lipinski definition) is 4. The molecule has 0 aliphatic rings. The molecule has 0 fully saturated rings. The van der Waals surface area contributed by atoms with Gasteiger partial charge in [0.25, 0.3) is 0 Å². The summed E-state index contributed by atoms with van der Waals surface area (Å²) >= 11 is 0. The molecule has 1 heterocycles. The number of rotatable bonds is 3. The Labute approximate surface area is 95.3 Å².